The largest absolute Gasteiger partial charge is 0.477 e. The Bertz CT molecular complexity index is 734. The van der Waals surface area contributed by atoms with Crippen LogP contribution in [0.25, 0.3) is 0 Å². The second kappa shape index (κ2) is 5.51. The molecule has 0 radical (unpaired) electrons. The minimum atomic E-state index is -1.21. The second-order valence-electron chi connectivity index (χ2n) is 4.63. The molecular weight excluding hydrogens is 278 g/mol. The van der Waals surface area contributed by atoms with E-state index in [9.17, 15) is 9.59 Å². The van der Waals surface area contributed by atoms with E-state index in [2.05, 4.69) is 0 Å². The molecule has 0 aliphatic heterocycles. The Hall–Kier alpha value is -2.07. The first-order chi connectivity index (χ1) is 9.41. The lowest BCUT2D eigenvalue weighted by atomic mass is 10.1. The summed E-state index contributed by atoms with van der Waals surface area (Å²) in [6, 6.07) is 8.88. The molecule has 0 unspecified atom stereocenters. The molecule has 0 saturated carbocycles. The number of hydrogen-bond donors (Lipinski definition) is 1. The molecule has 1 N–H and O–H groups in total. The van der Waals surface area contributed by atoms with Crippen molar-refractivity contribution in [2.45, 2.75) is 20.4 Å². The van der Waals surface area contributed by atoms with Crippen LogP contribution in [0.5, 0.6) is 0 Å². The topological polar surface area (TPSA) is 59.3 Å². The number of halogens is 1. The number of rotatable bonds is 3. The van der Waals surface area contributed by atoms with Crippen LogP contribution in [0.1, 0.15) is 27.2 Å². The molecule has 0 aliphatic rings. The van der Waals surface area contributed by atoms with Crippen LogP contribution in [-0.4, -0.2) is 15.6 Å². The maximum Gasteiger partial charge on any atom is 0.341 e. The molecule has 0 spiro atoms. The summed E-state index contributed by atoms with van der Waals surface area (Å²) in [5, 5.41) is 9.70. The van der Waals surface area contributed by atoms with Gasteiger partial charge in [-0.1, -0.05) is 29.8 Å². The normalized spacial score (nSPS) is 10.6. The number of pyridine rings is 1. The zero-order valence-corrected chi connectivity index (χ0v) is 11.9. The standard InChI is InChI=1S/C15H14ClNO3/c1-9-7-10(2)17(14(18)13(9)15(19)20)8-11-5-3-4-6-12(11)16/h3-7H,8H2,1-2H3,(H,19,20). The summed E-state index contributed by atoms with van der Waals surface area (Å²) in [7, 11) is 0. The highest BCUT2D eigenvalue weighted by atomic mass is 35.5. The van der Waals surface area contributed by atoms with E-state index in [0.717, 1.165) is 5.56 Å². The van der Waals surface area contributed by atoms with Crippen LogP contribution in [-0.2, 0) is 6.54 Å². The Morgan fingerprint density at radius 3 is 2.55 bits per heavy atom. The molecule has 1 heterocycles. The molecule has 5 heteroatoms. The van der Waals surface area contributed by atoms with Gasteiger partial charge in [-0.3, -0.25) is 4.79 Å². The monoisotopic (exact) mass is 291 g/mol. The highest BCUT2D eigenvalue weighted by molar-refractivity contribution is 6.31. The molecule has 2 aromatic rings. The Labute approximate surface area is 121 Å². The first kappa shape index (κ1) is 14.3. The summed E-state index contributed by atoms with van der Waals surface area (Å²) in [5.41, 5.74) is 1.25. The predicted octanol–water partition coefficient (Wildman–Crippen LogP) is 2.87. The lowest BCUT2D eigenvalue weighted by molar-refractivity contribution is 0.0693. The average Bonchev–Trinajstić information content (AvgIpc) is 2.35. The van der Waals surface area contributed by atoms with Crippen LogP contribution in [0, 0.1) is 13.8 Å². The fourth-order valence-corrected chi connectivity index (χ4v) is 2.38. The maximum atomic E-state index is 12.3. The second-order valence-corrected chi connectivity index (χ2v) is 5.04. The summed E-state index contributed by atoms with van der Waals surface area (Å²) in [6.07, 6.45) is 0. The molecule has 0 saturated heterocycles. The van der Waals surface area contributed by atoms with Gasteiger partial charge in [0.1, 0.15) is 5.56 Å². The van der Waals surface area contributed by atoms with Crippen molar-refractivity contribution in [3.8, 4) is 0 Å². The third-order valence-corrected chi connectivity index (χ3v) is 3.57. The van der Waals surface area contributed by atoms with Crippen LogP contribution in [0.2, 0.25) is 5.02 Å². The molecule has 4 nitrogen and oxygen atoms in total. The van der Waals surface area contributed by atoms with Gasteiger partial charge < -0.3 is 9.67 Å². The van der Waals surface area contributed by atoms with E-state index in [1.165, 1.54) is 4.57 Å². The number of aryl methyl sites for hydroxylation is 2. The smallest absolute Gasteiger partial charge is 0.341 e. The first-order valence-corrected chi connectivity index (χ1v) is 6.47. The minimum absolute atomic E-state index is 0.192. The molecular formula is C15H14ClNO3. The summed E-state index contributed by atoms with van der Waals surface area (Å²) in [4.78, 5) is 23.5. The van der Waals surface area contributed by atoms with Crippen LogP contribution in [0.3, 0.4) is 0 Å². The molecule has 0 bridgehead atoms. The molecule has 0 aliphatic carbocycles. The quantitative estimate of drug-likeness (QED) is 0.946. The molecule has 1 aromatic heterocycles. The van der Waals surface area contributed by atoms with Crippen molar-refractivity contribution in [3.05, 3.63) is 68.1 Å². The van der Waals surface area contributed by atoms with Crippen molar-refractivity contribution in [1.29, 1.82) is 0 Å². The Morgan fingerprint density at radius 1 is 1.30 bits per heavy atom. The Balaban J connectivity index is 2.58. The van der Waals surface area contributed by atoms with Crippen LogP contribution >= 0.6 is 11.6 Å². The van der Waals surface area contributed by atoms with Crippen molar-refractivity contribution < 1.29 is 9.90 Å². The van der Waals surface area contributed by atoms with Gasteiger partial charge in [0, 0.05) is 10.7 Å². The van der Waals surface area contributed by atoms with Gasteiger partial charge in [0.15, 0.2) is 0 Å². The van der Waals surface area contributed by atoms with Crippen LogP contribution in [0.4, 0.5) is 0 Å². The van der Waals surface area contributed by atoms with Crippen molar-refractivity contribution in [3.63, 3.8) is 0 Å². The van der Waals surface area contributed by atoms with Gasteiger partial charge in [-0.2, -0.15) is 0 Å². The van der Waals surface area contributed by atoms with Gasteiger partial charge in [0.25, 0.3) is 5.56 Å². The van der Waals surface area contributed by atoms with Gasteiger partial charge in [-0.25, -0.2) is 4.79 Å². The Morgan fingerprint density at radius 2 is 1.95 bits per heavy atom. The number of benzene rings is 1. The fourth-order valence-electron chi connectivity index (χ4n) is 2.18. The van der Waals surface area contributed by atoms with Gasteiger partial charge in [0.2, 0.25) is 0 Å². The number of carbonyl (C=O) groups is 1. The lowest BCUT2D eigenvalue weighted by Gasteiger charge is -2.13. The summed E-state index contributed by atoms with van der Waals surface area (Å²) in [6.45, 7) is 3.65. The SMILES string of the molecule is Cc1cc(C)n(Cc2ccccc2Cl)c(=O)c1C(=O)O. The zero-order chi connectivity index (χ0) is 14.9. The van der Waals surface area contributed by atoms with Crippen molar-refractivity contribution in [1.82, 2.24) is 4.57 Å². The van der Waals surface area contributed by atoms with Gasteiger partial charge in [-0.15, -0.1) is 0 Å². The number of nitrogens with zero attached hydrogens (tertiary/aromatic N) is 1. The average molecular weight is 292 g/mol. The number of carboxylic acid groups (broad SMARTS) is 1. The van der Waals surface area contributed by atoms with Gasteiger partial charge >= 0.3 is 5.97 Å². The Kier molecular flexibility index (Phi) is 3.95. The molecule has 1 aromatic carbocycles. The predicted molar refractivity (Wildman–Crippen MR) is 77.7 cm³/mol. The van der Waals surface area contributed by atoms with Crippen LogP contribution in [0.15, 0.2) is 35.1 Å². The van der Waals surface area contributed by atoms with Crippen molar-refractivity contribution in [2.75, 3.05) is 0 Å². The van der Waals surface area contributed by atoms with Gasteiger partial charge in [-0.05, 0) is 37.1 Å². The maximum absolute atomic E-state index is 12.3. The number of carboxylic acids is 1. The first-order valence-electron chi connectivity index (χ1n) is 6.09. The highest BCUT2D eigenvalue weighted by Gasteiger charge is 2.17. The highest BCUT2D eigenvalue weighted by Crippen LogP contribution is 2.17. The van der Waals surface area contributed by atoms with E-state index in [0.29, 0.717) is 16.3 Å². The summed E-state index contributed by atoms with van der Waals surface area (Å²) in [5.74, 6) is -1.21. The van der Waals surface area contributed by atoms with E-state index in [1.54, 1.807) is 32.0 Å². The zero-order valence-electron chi connectivity index (χ0n) is 11.2. The third kappa shape index (κ3) is 2.60. The van der Waals surface area contributed by atoms with Crippen LogP contribution < -0.4 is 5.56 Å². The minimum Gasteiger partial charge on any atom is -0.477 e. The van der Waals surface area contributed by atoms with E-state index >= 15 is 0 Å². The molecule has 0 fully saturated rings. The molecule has 20 heavy (non-hydrogen) atoms. The van der Waals surface area contributed by atoms with E-state index in [1.807, 2.05) is 12.1 Å². The molecule has 2 rings (SSSR count). The number of aromatic carboxylic acids is 1. The summed E-state index contributed by atoms with van der Waals surface area (Å²) < 4.78 is 1.43. The van der Waals surface area contributed by atoms with Crippen molar-refractivity contribution in [2.24, 2.45) is 0 Å². The van der Waals surface area contributed by atoms with E-state index < -0.39 is 11.5 Å². The summed E-state index contributed by atoms with van der Waals surface area (Å²) >= 11 is 6.08. The number of aromatic nitrogens is 1. The third-order valence-electron chi connectivity index (χ3n) is 3.20. The molecule has 0 atom stereocenters. The van der Waals surface area contributed by atoms with E-state index in [-0.39, 0.29) is 12.1 Å². The van der Waals surface area contributed by atoms with Gasteiger partial charge in [0.05, 0.1) is 6.54 Å². The lowest BCUT2D eigenvalue weighted by Crippen LogP contribution is -2.29. The molecule has 104 valence electrons. The number of hydrogen-bond acceptors (Lipinski definition) is 2. The fraction of sp³-hybridized carbons (Fsp3) is 0.200. The van der Waals surface area contributed by atoms with Crippen molar-refractivity contribution >= 4 is 17.6 Å². The molecule has 0 amide bonds. The van der Waals surface area contributed by atoms with E-state index in [4.69, 9.17) is 16.7 Å².